The summed E-state index contributed by atoms with van der Waals surface area (Å²) in [5.74, 6) is 1.59. The first kappa shape index (κ1) is 15.8. The Hall–Kier alpha value is -1.55. The maximum Gasteiger partial charge on any atom is 0.167 e. The van der Waals surface area contributed by atoms with Gasteiger partial charge >= 0.3 is 0 Å². The number of benzene rings is 1. The molecule has 0 spiro atoms. The number of rotatable bonds is 6. The van der Waals surface area contributed by atoms with E-state index in [1.807, 2.05) is 6.07 Å². The van der Waals surface area contributed by atoms with Crippen molar-refractivity contribution < 1.29 is 14.3 Å². The van der Waals surface area contributed by atoms with Crippen molar-refractivity contribution in [3.05, 3.63) is 23.8 Å². The average molecular weight is 291 g/mol. The fourth-order valence-corrected chi connectivity index (χ4v) is 3.01. The number of nitrogens with zero attached hydrogens (tertiary/aromatic N) is 1. The van der Waals surface area contributed by atoms with E-state index in [1.165, 1.54) is 0 Å². The zero-order valence-electron chi connectivity index (χ0n) is 13.2. The van der Waals surface area contributed by atoms with Crippen LogP contribution in [0.15, 0.2) is 18.2 Å². The molecule has 1 aliphatic heterocycles. The molecule has 0 aliphatic carbocycles. The van der Waals surface area contributed by atoms with E-state index in [-0.39, 0.29) is 11.7 Å². The van der Waals surface area contributed by atoms with Crippen molar-refractivity contribution in [2.75, 3.05) is 33.9 Å². The van der Waals surface area contributed by atoms with E-state index in [2.05, 4.69) is 11.8 Å². The highest BCUT2D eigenvalue weighted by molar-refractivity contribution is 5.98. The highest BCUT2D eigenvalue weighted by Gasteiger charge is 2.26. The first-order valence-corrected chi connectivity index (χ1v) is 7.68. The SMILES string of the molecule is CCCN1CCCC(C(=O)c2ccc(OC)c(OC)c2)C1. The molecule has 0 radical (unpaired) electrons. The van der Waals surface area contributed by atoms with E-state index < -0.39 is 0 Å². The summed E-state index contributed by atoms with van der Waals surface area (Å²) < 4.78 is 10.5. The zero-order chi connectivity index (χ0) is 15.2. The Morgan fingerprint density at radius 1 is 1.29 bits per heavy atom. The summed E-state index contributed by atoms with van der Waals surface area (Å²) in [6.45, 7) is 5.25. The molecular weight excluding hydrogens is 266 g/mol. The summed E-state index contributed by atoms with van der Waals surface area (Å²) in [5, 5.41) is 0. The Bertz CT molecular complexity index is 485. The highest BCUT2D eigenvalue weighted by Crippen LogP contribution is 2.30. The predicted octanol–water partition coefficient (Wildman–Crippen LogP) is 3.01. The summed E-state index contributed by atoms with van der Waals surface area (Å²) in [7, 11) is 3.19. The molecule has 0 bridgehead atoms. The third-order valence-electron chi connectivity index (χ3n) is 4.08. The van der Waals surface area contributed by atoms with Crippen molar-refractivity contribution >= 4 is 5.78 Å². The van der Waals surface area contributed by atoms with Gasteiger partial charge < -0.3 is 14.4 Å². The smallest absolute Gasteiger partial charge is 0.167 e. The van der Waals surface area contributed by atoms with Crippen LogP contribution in [-0.4, -0.2) is 44.5 Å². The number of ketones is 1. The normalized spacial score (nSPS) is 19.3. The third-order valence-corrected chi connectivity index (χ3v) is 4.08. The molecule has 4 heteroatoms. The standard InChI is InChI=1S/C17H25NO3/c1-4-9-18-10-5-6-14(12-18)17(19)13-7-8-15(20-2)16(11-13)21-3/h7-8,11,14H,4-6,9-10,12H2,1-3H3. The third kappa shape index (κ3) is 3.76. The number of carbonyl (C=O) groups excluding carboxylic acids is 1. The lowest BCUT2D eigenvalue weighted by Gasteiger charge is -2.31. The molecule has 2 rings (SSSR count). The summed E-state index contributed by atoms with van der Waals surface area (Å²) in [5.41, 5.74) is 0.719. The van der Waals surface area contributed by atoms with Crippen molar-refractivity contribution in [3.8, 4) is 11.5 Å². The van der Waals surface area contributed by atoms with Gasteiger partial charge in [-0.2, -0.15) is 0 Å². The number of ether oxygens (including phenoxy) is 2. The number of piperidine rings is 1. The van der Waals surface area contributed by atoms with Gasteiger partial charge in [0.2, 0.25) is 0 Å². The van der Waals surface area contributed by atoms with E-state index in [0.717, 1.165) is 44.5 Å². The van der Waals surface area contributed by atoms with Crippen LogP contribution >= 0.6 is 0 Å². The minimum absolute atomic E-state index is 0.100. The Balaban J connectivity index is 2.12. The van der Waals surface area contributed by atoms with Gasteiger partial charge in [0, 0.05) is 18.0 Å². The van der Waals surface area contributed by atoms with Crippen molar-refractivity contribution in [2.45, 2.75) is 26.2 Å². The first-order chi connectivity index (χ1) is 10.2. The number of hydrogen-bond acceptors (Lipinski definition) is 4. The Labute approximate surface area is 127 Å². The van der Waals surface area contributed by atoms with Crippen LogP contribution in [0.4, 0.5) is 0 Å². The van der Waals surface area contributed by atoms with Crippen LogP contribution in [0.1, 0.15) is 36.5 Å². The maximum atomic E-state index is 12.7. The predicted molar refractivity (Wildman–Crippen MR) is 83.3 cm³/mol. The van der Waals surface area contributed by atoms with Gasteiger partial charge in [0.15, 0.2) is 17.3 Å². The van der Waals surface area contributed by atoms with Crippen LogP contribution in [0.5, 0.6) is 11.5 Å². The monoisotopic (exact) mass is 291 g/mol. The fourth-order valence-electron chi connectivity index (χ4n) is 3.01. The van der Waals surface area contributed by atoms with Gasteiger partial charge in [0.05, 0.1) is 14.2 Å². The van der Waals surface area contributed by atoms with Crippen LogP contribution in [0, 0.1) is 5.92 Å². The van der Waals surface area contributed by atoms with E-state index in [4.69, 9.17) is 9.47 Å². The second kappa shape index (κ2) is 7.46. The van der Waals surface area contributed by atoms with Gasteiger partial charge in [-0.05, 0) is 50.6 Å². The highest BCUT2D eigenvalue weighted by atomic mass is 16.5. The van der Waals surface area contributed by atoms with Gasteiger partial charge in [0.25, 0.3) is 0 Å². The van der Waals surface area contributed by atoms with Gasteiger partial charge in [-0.3, -0.25) is 4.79 Å². The molecule has 0 amide bonds. The van der Waals surface area contributed by atoms with Gasteiger partial charge in [-0.25, -0.2) is 0 Å². The molecule has 1 fully saturated rings. The van der Waals surface area contributed by atoms with E-state index >= 15 is 0 Å². The number of likely N-dealkylation sites (tertiary alicyclic amines) is 1. The van der Waals surface area contributed by atoms with Crippen LogP contribution in [0.2, 0.25) is 0 Å². The minimum Gasteiger partial charge on any atom is -0.493 e. The minimum atomic E-state index is 0.100. The molecule has 1 atom stereocenters. The van der Waals surface area contributed by atoms with E-state index in [0.29, 0.717) is 11.5 Å². The van der Waals surface area contributed by atoms with Crippen LogP contribution in [0.3, 0.4) is 0 Å². The van der Waals surface area contributed by atoms with Crippen molar-refractivity contribution in [3.63, 3.8) is 0 Å². The Morgan fingerprint density at radius 2 is 2.05 bits per heavy atom. The molecule has 1 aliphatic rings. The summed E-state index contributed by atoms with van der Waals surface area (Å²) in [4.78, 5) is 15.1. The molecule has 0 saturated carbocycles. The molecule has 4 nitrogen and oxygen atoms in total. The molecule has 1 saturated heterocycles. The van der Waals surface area contributed by atoms with E-state index in [1.54, 1.807) is 26.4 Å². The zero-order valence-corrected chi connectivity index (χ0v) is 13.2. The van der Waals surface area contributed by atoms with Crippen molar-refractivity contribution in [2.24, 2.45) is 5.92 Å². The summed E-state index contributed by atoms with van der Waals surface area (Å²) in [6, 6.07) is 5.43. The summed E-state index contributed by atoms with van der Waals surface area (Å²) >= 11 is 0. The van der Waals surface area contributed by atoms with Crippen molar-refractivity contribution in [1.82, 2.24) is 4.90 Å². The van der Waals surface area contributed by atoms with Gasteiger partial charge in [-0.1, -0.05) is 6.92 Å². The summed E-state index contributed by atoms with van der Waals surface area (Å²) in [6.07, 6.45) is 3.22. The van der Waals surface area contributed by atoms with Crippen LogP contribution in [-0.2, 0) is 0 Å². The maximum absolute atomic E-state index is 12.7. The molecule has 1 heterocycles. The second-order valence-corrected chi connectivity index (χ2v) is 5.57. The molecule has 0 aromatic heterocycles. The molecule has 21 heavy (non-hydrogen) atoms. The topological polar surface area (TPSA) is 38.8 Å². The molecular formula is C17H25NO3. The average Bonchev–Trinajstić information content (AvgIpc) is 2.54. The van der Waals surface area contributed by atoms with Crippen LogP contribution in [0.25, 0.3) is 0 Å². The molecule has 1 unspecified atom stereocenters. The largest absolute Gasteiger partial charge is 0.493 e. The number of carbonyl (C=O) groups is 1. The molecule has 1 aromatic carbocycles. The second-order valence-electron chi connectivity index (χ2n) is 5.57. The number of hydrogen-bond donors (Lipinski definition) is 0. The lowest BCUT2D eigenvalue weighted by Crippen LogP contribution is -2.39. The van der Waals surface area contributed by atoms with Crippen molar-refractivity contribution in [1.29, 1.82) is 0 Å². The van der Waals surface area contributed by atoms with E-state index in [9.17, 15) is 4.79 Å². The Morgan fingerprint density at radius 3 is 2.71 bits per heavy atom. The lowest BCUT2D eigenvalue weighted by atomic mass is 9.90. The molecule has 0 N–H and O–H groups in total. The van der Waals surface area contributed by atoms with Gasteiger partial charge in [-0.15, -0.1) is 0 Å². The lowest BCUT2D eigenvalue weighted by molar-refractivity contribution is 0.0819. The number of Topliss-reactive ketones (excluding diaryl/α,β-unsaturated/α-hetero) is 1. The van der Waals surface area contributed by atoms with Gasteiger partial charge in [0.1, 0.15) is 0 Å². The number of methoxy groups -OCH3 is 2. The molecule has 1 aromatic rings. The molecule has 116 valence electrons. The quantitative estimate of drug-likeness (QED) is 0.755. The van der Waals surface area contributed by atoms with Crippen LogP contribution < -0.4 is 9.47 Å². The Kier molecular flexibility index (Phi) is 5.62. The fraction of sp³-hybridized carbons (Fsp3) is 0.588. The first-order valence-electron chi connectivity index (χ1n) is 7.68.